The van der Waals surface area contributed by atoms with E-state index in [1.165, 1.54) is 37.8 Å². The van der Waals surface area contributed by atoms with Gasteiger partial charge in [0.2, 0.25) is 5.75 Å². The molecular weight excluding hydrogens is 610 g/mol. The molecule has 0 saturated carbocycles. The first-order valence-electron chi connectivity index (χ1n) is 17.2. The average Bonchev–Trinajstić information content (AvgIpc) is 3.09. The Labute approximate surface area is 284 Å². The molecule has 48 heavy (non-hydrogen) atoms. The number of rotatable bonds is 24. The van der Waals surface area contributed by atoms with Crippen LogP contribution in [0.2, 0.25) is 0 Å². The van der Waals surface area contributed by atoms with Crippen LogP contribution in [0.1, 0.15) is 107 Å². The van der Waals surface area contributed by atoms with Crippen LogP contribution in [0, 0.1) is 10.1 Å². The predicted molar refractivity (Wildman–Crippen MR) is 188 cm³/mol. The van der Waals surface area contributed by atoms with Crippen molar-refractivity contribution in [3.63, 3.8) is 0 Å². The molecule has 0 fully saturated rings. The summed E-state index contributed by atoms with van der Waals surface area (Å²) in [5.74, 6) is -0.324. The van der Waals surface area contributed by atoms with Crippen molar-refractivity contribution in [3.05, 3.63) is 94.6 Å². The summed E-state index contributed by atoms with van der Waals surface area (Å²) in [5, 5.41) is 20.7. The van der Waals surface area contributed by atoms with Crippen LogP contribution in [-0.4, -0.2) is 35.2 Å². The molecule has 0 aliphatic rings. The second-order valence-electron chi connectivity index (χ2n) is 12.0. The molecule has 0 heterocycles. The molecule has 0 atom stereocenters. The molecule has 9 nitrogen and oxygen atoms in total. The standard InChI is InChI=1S/C39H49NO8/c1-3-4-5-14-27-46-34-22-17-31(18-23-34)33-21-26-37(36(29-33)40(44)45)48-39(43)32-19-24-35(25-20-32)47-28-15-12-10-8-6-7-9-11-13-16-30(2)38(41)42/h17-26,29H,2-16,27-28H2,1H3,(H,41,42). The van der Waals surface area contributed by atoms with Gasteiger partial charge in [-0.3, -0.25) is 10.1 Å². The topological polar surface area (TPSA) is 125 Å². The number of carboxylic acids is 1. The van der Waals surface area contributed by atoms with E-state index in [2.05, 4.69) is 13.5 Å². The third-order valence-electron chi connectivity index (χ3n) is 8.10. The maximum atomic E-state index is 12.8. The molecule has 0 aliphatic heterocycles. The average molecular weight is 660 g/mol. The third kappa shape index (κ3) is 13.6. The van der Waals surface area contributed by atoms with Gasteiger partial charge in [0.15, 0.2) is 0 Å². The van der Waals surface area contributed by atoms with Crippen LogP contribution in [0.25, 0.3) is 11.1 Å². The SMILES string of the molecule is C=C(CCCCCCCCCCCOc1ccc(C(=O)Oc2ccc(-c3ccc(OCCCCCC)cc3)cc2[N+](=O)[O-])cc1)C(=O)O. The van der Waals surface area contributed by atoms with Gasteiger partial charge in [0, 0.05) is 11.6 Å². The molecule has 3 aromatic carbocycles. The number of unbranched alkanes of at least 4 members (excludes halogenated alkanes) is 11. The summed E-state index contributed by atoms with van der Waals surface area (Å²) in [6.45, 7) is 6.96. The number of nitro groups is 1. The summed E-state index contributed by atoms with van der Waals surface area (Å²) < 4.78 is 17.0. The second kappa shape index (κ2) is 21.3. The number of carbonyl (C=O) groups is 2. The normalized spacial score (nSPS) is 10.8. The van der Waals surface area contributed by atoms with E-state index in [4.69, 9.17) is 19.3 Å². The van der Waals surface area contributed by atoms with Gasteiger partial charge < -0.3 is 19.3 Å². The van der Waals surface area contributed by atoms with Crippen LogP contribution in [-0.2, 0) is 4.79 Å². The number of hydrogen-bond acceptors (Lipinski definition) is 7. The highest BCUT2D eigenvalue weighted by Crippen LogP contribution is 2.33. The van der Waals surface area contributed by atoms with Gasteiger partial charge >= 0.3 is 17.6 Å². The smallest absolute Gasteiger partial charge is 0.343 e. The Morgan fingerprint density at radius 3 is 1.75 bits per heavy atom. The van der Waals surface area contributed by atoms with E-state index in [9.17, 15) is 19.7 Å². The first-order chi connectivity index (χ1) is 23.3. The zero-order valence-electron chi connectivity index (χ0n) is 28.1. The molecule has 0 bridgehead atoms. The third-order valence-corrected chi connectivity index (χ3v) is 8.10. The fourth-order valence-corrected chi connectivity index (χ4v) is 5.21. The fourth-order valence-electron chi connectivity index (χ4n) is 5.21. The van der Waals surface area contributed by atoms with Gasteiger partial charge in [0.1, 0.15) is 11.5 Å². The van der Waals surface area contributed by atoms with E-state index in [-0.39, 0.29) is 17.0 Å². The molecule has 258 valence electrons. The maximum Gasteiger partial charge on any atom is 0.343 e. The lowest BCUT2D eigenvalue weighted by atomic mass is 10.0. The summed E-state index contributed by atoms with van der Waals surface area (Å²) in [5.41, 5.74) is 1.68. The number of nitrogens with zero attached hydrogens (tertiary/aromatic N) is 1. The molecule has 0 saturated heterocycles. The highest BCUT2D eigenvalue weighted by molar-refractivity contribution is 5.92. The van der Waals surface area contributed by atoms with Gasteiger partial charge in [-0.15, -0.1) is 0 Å². The van der Waals surface area contributed by atoms with Crippen molar-refractivity contribution < 1.29 is 33.8 Å². The fraction of sp³-hybridized carbons (Fsp3) is 0.436. The molecule has 9 heteroatoms. The highest BCUT2D eigenvalue weighted by atomic mass is 16.6. The molecule has 3 rings (SSSR count). The molecule has 3 aromatic rings. The summed E-state index contributed by atoms with van der Waals surface area (Å²) >= 11 is 0. The number of nitro benzene ring substituents is 1. The number of carbonyl (C=O) groups excluding carboxylic acids is 1. The molecule has 1 N–H and O–H groups in total. The van der Waals surface area contributed by atoms with Crippen LogP contribution < -0.4 is 14.2 Å². The van der Waals surface area contributed by atoms with E-state index in [0.717, 1.165) is 69.1 Å². The van der Waals surface area contributed by atoms with Crippen molar-refractivity contribution in [3.8, 4) is 28.4 Å². The molecule has 0 amide bonds. The molecule has 0 aromatic heterocycles. The van der Waals surface area contributed by atoms with Crippen molar-refractivity contribution in [1.82, 2.24) is 0 Å². The largest absolute Gasteiger partial charge is 0.494 e. The van der Waals surface area contributed by atoms with Crippen molar-refractivity contribution in [1.29, 1.82) is 0 Å². The minimum absolute atomic E-state index is 0.122. The lowest BCUT2D eigenvalue weighted by Gasteiger charge is -2.10. The molecule has 0 unspecified atom stereocenters. The molecule has 0 aliphatic carbocycles. The zero-order valence-corrected chi connectivity index (χ0v) is 28.1. The number of benzene rings is 3. The van der Waals surface area contributed by atoms with Gasteiger partial charge in [-0.2, -0.15) is 0 Å². The van der Waals surface area contributed by atoms with Crippen LogP contribution in [0.3, 0.4) is 0 Å². The first-order valence-corrected chi connectivity index (χ1v) is 17.2. The van der Waals surface area contributed by atoms with Gasteiger partial charge in [-0.1, -0.05) is 95.9 Å². The number of esters is 1. The van der Waals surface area contributed by atoms with Crippen LogP contribution >= 0.6 is 0 Å². The second-order valence-corrected chi connectivity index (χ2v) is 12.0. The molecule has 0 spiro atoms. The quantitative estimate of drug-likeness (QED) is 0.0251. The number of carboxylic acid groups (broad SMARTS) is 1. The Bertz CT molecular complexity index is 1450. The Balaban J connectivity index is 1.38. The Morgan fingerprint density at radius 1 is 0.708 bits per heavy atom. The Kier molecular flexibility index (Phi) is 16.7. The Hall–Kier alpha value is -4.66. The Morgan fingerprint density at radius 2 is 1.21 bits per heavy atom. The lowest BCUT2D eigenvalue weighted by molar-refractivity contribution is -0.385. The monoisotopic (exact) mass is 659 g/mol. The van der Waals surface area contributed by atoms with Crippen molar-refractivity contribution in [2.45, 2.75) is 96.8 Å². The van der Waals surface area contributed by atoms with E-state index < -0.39 is 16.9 Å². The van der Waals surface area contributed by atoms with Crippen molar-refractivity contribution in [2.75, 3.05) is 13.2 Å². The zero-order chi connectivity index (χ0) is 34.6. The van der Waals surface area contributed by atoms with Gasteiger partial charge in [-0.05, 0) is 79.3 Å². The van der Waals surface area contributed by atoms with Crippen molar-refractivity contribution in [2.24, 2.45) is 0 Å². The van der Waals surface area contributed by atoms with Gasteiger partial charge in [-0.25, -0.2) is 9.59 Å². The first kappa shape index (κ1) is 37.8. The number of hydrogen-bond donors (Lipinski definition) is 1. The maximum absolute atomic E-state index is 12.8. The lowest BCUT2D eigenvalue weighted by Crippen LogP contribution is -2.10. The summed E-state index contributed by atoms with van der Waals surface area (Å²) in [4.78, 5) is 34.9. The van der Waals surface area contributed by atoms with E-state index >= 15 is 0 Å². The predicted octanol–water partition coefficient (Wildman–Crippen LogP) is 10.4. The minimum Gasteiger partial charge on any atom is -0.494 e. The van der Waals surface area contributed by atoms with Crippen LogP contribution in [0.5, 0.6) is 17.2 Å². The highest BCUT2D eigenvalue weighted by Gasteiger charge is 2.20. The molecular formula is C39H49NO8. The summed E-state index contributed by atoms with van der Waals surface area (Å²) in [6.07, 6.45) is 14.7. The van der Waals surface area contributed by atoms with Crippen molar-refractivity contribution >= 4 is 17.6 Å². The summed E-state index contributed by atoms with van der Waals surface area (Å²) in [6, 6.07) is 18.5. The minimum atomic E-state index is -0.901. The van der Waals surface area contributed by atoms with E-state index in [1.807, 2.05) is 24.3 Å². The summed E-state index contributed by atoms with van der Waals surface area (Å²) in [7, 11) is 0. The van der Waals surface area contributed by atoms with Gasteiger partial charge in [0.25, 0.3) is 0 Å². The van der Waals surface area contributed by atoms with Gasteiger partial charge in [0.05, 0.1) is 23.7 Å². The van der Waals surface area contributed by atoms with Crippen LogP contribution in [0.15, 0.2) is 78.9 Å². The van der Waals surface area contributed by atoms with E-state index in [1.54, 1.807) is 30.3 Å². The number of ether oxygens (including phenoxy) is 3. The van der Waals surface area contributed by atoms with E-state index in [0.29, 0.717) is 36.5 Å². The number of aliphatic carboxylic acids is 1. The van der Waals surface area contributed by atoms with Crippen LogP contribution in [0.4, 0.5) is 5.69 Å². The molecule has 0 radical (unpaired) electrons.